The van der Waals surface area contributed by atoms with Crippen molar-refractivity contribution in [2.45, 2.75) is 13.8 Å². The van der Waals surface area contributed by atoms with Crippen molar-refractivity contribution >= 4 is 11.9 Å². The molecule has 20 heavy (non-hydrogen) atoms. The Labute approximate surface area is 116 Å². The summed E-state index contributed by atoms with van der Waals surface area (Å²) in [6.07, 6.45) is 0. The van der Waals surface area contributed by atoms with Crippen LogP contribution in [-0.4, -0.2) is 17.0 Å². The number of hydrogen-bond donors (Lipinski definition) is 1. The molecule has 1 N–H and O–H groups in total. The lowest BCUT2D eigenvalue weighted by molar-refractivity contribution is 0.0691. The van der Waals surface area contributed by atoms with E-state index in [1.807, 2.05) is 26.0 Å². The molecule has 0 bridgehead atoms. The Morgan fingerprint density at radius 2 is 1.55 bits per heavy atom. The zero-order valence-corrected chi connectivity index (χ0v) is 11.2. The number of hydrogen-bond acceptors (Lipinski definition) is 3. The van der Waals surface area contributed by atoms with E-state index in [1.54, 1.807) is 6.07 Å². The molecule has 2 rings (SSSR count). The molecule has 102 valence electrons. The van der Waals surface area contributed by atoms with E-state index < -0.39 is 11.9 Å². The molecule has 0 saturated heterocycles. The molecule has 0 amide bonds. The van der Waals surface area contributed by atoms with Gasteiger partial charge in [-0.05, 0) is 55.3 Å². The summed E-state index contributed by atoms with van der Waals surface area (Å²) in [5.41, 5.74) is 2.39. The maximum absolute atomic E-state index is 12.0. The first kappa shape index (κ1) is 13.8. The molecule has 0 aliphatic rings. The van der Waals surface area contributed by atoms with E-state index in [0.717, 1.165) is 11.1 Å². The number of aromatic carboxylic acids is 1. The van der Waals surface area contributed by atoms with Crippen LogP contribution in [0, 0.1) is 13.8 Å². The maximum Gasteiger partial charge on any atom is 0.343 e. The lowest BCUT2D eigenvalue weighted by Gasteiger charge is -2.09. The third kappa shape index (κ3) is 2.85. The second kappa shape index (κ2) is 5.57. The van der Waals surface area contributed by atoms with E-state index in [0.29, 0.717) is 11.3 Å². The number of carboxylic acid groups (broad SMARTS) is 1. The number of rotatable bonds is 3. The second-order valence-electron chi connectivity index (χ2n) is 4.47. The van der Waals surface area contributed by atoms with Gasteiger partial charge in [-0.1, -0.05) is 12.1 Å². The normalized spacial score (nSPS) is 10.1. The molecular formula is C16H14O4. The highest BCUT2D eigenvalue weighted by atomic mass is 16.5. The number of carbonyl (C=O) groups excluding carboxylic acids is 1. The van der Waals surface area contributed by atoms with Crippen molar-refractivity contribution in [1.29, 1.82) is 0 Å². The standard InChI is InChI=1S/C16H14O4/c1-10-4-3-5-14(11(10)2)20-16(19)13-8-6-12(7-9-13)15(17)18/h3-9H,1-2H3,(H,17,18). The molecule has 0 atom stereocenters. The van der Waals surface area contributed by atoms with Gasteiger partial charge < -0.3 is 9.84 Å². The van der Waals surface area contributed by atoms with Crippen LogP contribution in [0.3, 0.4) is 0 Å². The number of carboxylic acids is 1. The van der Waals surface area contributed by atoms with Gasteiger partial charge in [0.25, 0.3) is 0 Å². The fourth-order valence-corrected chi connectivity index (χ4v) is 1.74. The van der Waals surface area contributed by atoms with Crippen molar-refractivity contribution in [1.82, 2.24) is 0 Å². The molecule has 0 heterocycles. The first-order valence-electron chi connectivity index (χ1n) is 6.11. The van der Waals surface area contributed by atoms with Gasteiger partial charge in [-0.15, -0.1) is 0 Å². The predicted molar refractivity (Wildman–Crippen MR) is 74.3 cm³/mol. The van der Waals surface area contributed by atoms with E-state index >= 15 is 0 Å². The van der Waals surface area contributed by atoms with E-state index in [9.17, 15) is 9.59 Å². The van der Waals surface area contributed by atoms with Crippen molar-refractivity contribution in [2.24, 2.45) is 0 Å². The average Bonchev–Trinajstić information content (AvgIpc) is 2.44. The van der Waals surface area contributed by atoms with Gasteiger partial charge in [-0.2, -0.15) is 0 Å². The van der Waals surface area contributed by atoms with Crippen LogP contribution in [0.5, 0.6) is 5.75 Å². The first-order chi connectivity index (χ1) is 9.49. The molecule has 0 aliphatic heterocycles. The molecule has 4 heteroatoms. The molecule has 2 aromatic carbocycles. The minimum absolute atomic E-state index is 0.133. The molecule has 0 aromatic heterocycles. The number of aryl methyl sites for hydroxylation is 1. The monoisotopic (exact) mass is 270 g/mol. The minimum Gasteiger partial charge on any atom is -0.478 e. The zero-order chi connectivity index (χ0) is 14.7. The highest BCUT2D eigenvalue weighted by Crippen LogP contribution is 2.21. The van der Waals surface area contributed by atoms with Gasteiger partial charge in [0.1, 0.15) is 5.75 Å². The Balaban J connectivity index is 2.20. The molecule has 0 radical (unpaired) electrons. The van der Waals surface area contributed by atoms with Gasteiger partial charge in [0.15, 0.2) is 0 Å². The lowest BCUT2D eigenvalue weighted by atomic mass is 10.1. The highest BCUT2D eigenvalue weighted by molar-refractivity contribution is 5.93. The Kier molecular flexibility index (Phi) is 3.84. The Bertz CT molecular complexity index is 657. The quantitative estimate of drug-likeness (QED) is 0.687. The van der Waals surface area contributed by atoms with Crippen LogP contribution in [0.2, 0.25) is 0 Å². The SMILES string of the molecule is Cc1cccc(OC(=O)c2ccc(C(=O)O)cc2)c1C. The number of ether oxygens (including phenoxy) is 1. The van der Waals surface area contributed by atoms with Crippen LogP contribution in [0.4, 0.5) is 0 Å². The van der Waals surface area contributed by atoms with Crippen molar-refractivity contribution in [3.05, 3.63) is 64.7 Å². The minimum atomic E-state index is -1.03. The summed E-state index contributed by atoms with van der Waals surface area (Å²) in [6, 6.07) is 11.1. The van der Waals surface area contributed by atoms with Gasteiger partial charge in [-0.25, -0.2) is 9.59 Å². The fourth-order valence-electron chi connectivity index (χ4n) is 1.74. The number of carbonyl (C=O) groups is 2. The molecule has 0 spiro atoms. The third-order valence-corrected chi connectivity index (χ3v) is 3.13. The van der Waals surface area contributed by atoms with Crippen LogP contribution in [0.15, 0.2) is 42.5 Å². The molecule has 0 fully saturated rings. The Hall–Kier alpha value is -2.62. The highest BCUT2D eigenvalue weighted by Gasteiger charge is 2.12. The molecular weight excluding hydrogens is 256 g/mol. The van der Waals surface area contributed by atoms with Crippen molar-refractivity contribution in [2.75, 3.05) is 0 Å². The summed E-state index contributed by atoms with van der Waals surface area (Å²) in [4.78, 5) is 22.7. The summed E-state index contributed by atoms with van der Waals surface area (Å²) < 4.78 is 5.33. The van der Waals surface area contributed by atoms with Gasteiger partial charge in [-0.3, -0.25) is 0 Å². The van der Waals surface area contributed by atoms with Crippen LogP contribution in [0.1, 0.15) is 31.8 Å². The summed E-state index contributed by atoms with van der Waals surface area (Å²) >= 11 is 0. The molecule has 0 unspecified atom stereocenters. The summed E-state index contributed by atoms with van der Waals surface area (Å²) in [7, 11) is 0. The number of esters is 1. The van der Waals surface area contributed by atoms with Crippen molar-refractivity contribution < 1.29 is 19.4 Å². The van der Waals surface area contributed by atoms with Gasteiger partial charge in [0.2, 0.25) is 0 Å². The van der Waals surface area contributed by atoms with Crippen molar-refractivity contribution in [3.8, 4) is 5.75 Å². The largest absolute Gasteiger partial charge is 0.478 e. The molecule has 2 aromatic rings. The summed E-state index contributed by atoms with van der Waals surface area (Å²) in [6.45, 7) is 3.82. The Morgan fingerprint density at radius 3 is 2.15 bits per heavy atom. The van der Waals surface area contributed by atoms with Crippen LogP contribution in [-0.2, 0) is 0 Å². The predicted octanol–water partition coefficient (Wildman–Crippen LogP) is 3.22. The summed E-state index contributed by atoms with van der Waals surface area (Å²) in [5, 5.41) is 8.80. The van der Waals surface area contributed by atoms with E-state index in [2.05, 4.69) is 0 Å². The maximum atomic E-state index is 12.0. The number of benzene rings is 2. The molecule has 0 aliphatic carbocycles. The van der Waals surface area contributed by atoms with Gasteiger partial charge in [0, 0.05) is 0 Å². The van der Waals surface area contributed by atoms with E-state index in [-0.39, 0.29) is 5.56 Å². The van der Waals surface area contributed by atoms with Crippen molar-refractivity contribution in [3.63, 3.8) is 0 Å². The van der Waals surface area contributed by atoms with Crippen LogP contribution < -0.4 is 4.74 Å². The molecule has 4 nitrogen and oxygen atoms in total. The smallest absolute Gasteiger partial charge is 0.343 e. The summed E-state index contributed by atoms with van der Waals surface area (Å²) in [5.74, 6) is -1.02. The Morgan fingerprint density at radius 1 is 0.950 bits per heavy atom. The zero-order valence-electron chi connectivity index (χ0n) is 11.2. The topological polar surface area (TPSA) is 63.6 Å². The van der Waals surface area contributed by atoms with Gasteiger partial charge >= 0.3 is 11.9 Å². The van der Waals surface area contributed by atoms with Crippen LogP contribution in [0.25, 0.3) is 0 Å². The lowest BCUT2D eigenvalue weighted by Crippen LogP contribution is -2.10. The molecule has 0 saturated carbocycles. The fraction of sp³-hybridized carbons (Fsp3) is 0.125. The van der Waals surface area contributed by atoms with E-state index in [1.165, 1.54) is 24.3 Å². The van der Waals surface area contributed by atoms with E-state index in [4.69, 9.17) is 9.84 Å². The van der Waals surface area contributed by atoms with Gasteiger partial charge in [0.05, 0.1) is 11.1 Å². The second-order valence-corrected chi connectivity index (χ2v) is 4.47. The average molecular weight is 270 g/mol. The van der Waals surface area contributed by atoms with Crippen LogP contribution >= 0.6 is 0 Å². The first-order valence-corrected chi connectivity index (χ1v) is 6.11. The third-order valence-electron chi connectivity index (χ3n) is 3.13.